The SMILES string of the molecule is COCCn1cc(-c2ccc(-c3cnc(N(C)[C@@H]4C[C@H]5CC[C@H](N5)[C@@H]4F)cn3)c(O)c2)cn1. The van der Waals surface area contributed by atoms with Crippen molar-refractivity contribution in [2.45, 2.75) is 50.1 Å². The minimum Gasteiger partial charge on any atom is -0.507 e. The van der Waals surface area contributed by atoms with Gasteiger partial charge in [0.1, 0.15) is 17.7 Å². The van der Waals surface area contributed by atoms with Crippen LogP contribution >= 0.6 is 0 Å². The van der Waals surface area contributed by atoms with Crippen LogP contribution in [0.4, 0.5) is 10.2 Å². The molecule has 0 spiro atoms. The second-order valence-electron chi connectivity index (χ2n) is 8.88. The van der Waals surface area contributed by atoms with Gasteiger partial charge in [0.25, 0.3) is 0 Å². The Morgan fingerprint density at radius 1 is 1.21 bits per heavy atom. The number of halogens is 1. The normalized spacial score (nSPS) is 24.2. The number of aromatic hydroxyl groups is 1. The molecule has 2 bridgehead atoms. The van der Waals surface area contributed by atoms with Crippen LogP contribution in [0.2, 0.25) is 0 Å². The zero-order valence-corrected chi connectivity index (χ0v) is 18.9. The van der Waals surface area contributed by atoms with E-state index in [1.54, 1.807) is 36.4 Å². The number of ether oxygens (including phenoxy) is 1. The quantitative estimate of drug-likeness (QED) is 0.570. The number of anilines is 1. The first kappa shape index (κ1) is 21.8. The van der Waals surface area contributed by atoms with Gasteiger partial charge in [-0.1, -0.05) is 6.07 Å². The molecule has 0 saturated carbocycles. The van der Waals surface area contributed by atoms with Gasteiger partial charge >= 0.3 is 0 Å². The standard InChI is InChI=1S/C24H29FN6O2/c1-30(21-10-17-4-6-19(29-17)24(21)25)23-13-26-20(12-27-23)18-5-3-15(9-22(18)32)16-11-28-31(14-16)7-8-33-2/h3,5,9,11-14,17,19,21,24,29,32H,4,6-8,10H2,1-2H3/t17-,19+,21-,24+/m1/s1. The van der Waals surface area contributed by atoms with Crippen molar-refractivity contribution in [1.82, 2.24) is 25.1 Å². The van der Waals surface area contributed by atoms with Gasteiger partial charge in [-0.3, -0.25) is 9.67 Å². The topological polar surface area (TPSA) is 88.3 Å². The fourth-order valence-electron chi connectivity index (χ4n) is 4.91. The van der Waals surface area contributed by atoms with Crippen molar-refractivity contribution in [2.24, 2.45) is 0 Å². The summed E-state index contributed by atoms with van der Waals surface area (Å²) in [6.45, 7) is 1.25. The van der Waals surface area contributed by atoms with E-state index in [2.05, 4.69) is 20.4 Å². The minimum atomic E-state index is -0.925. The Hall–Kier alpha value is -3.04. The van der Waals surface area contributed by atoms with Crippen LogP contribution in [0.5, 0.6) is 5.75 Å². The van der Waals surface area contributed by atoms with E-state index >= 15 is 0 Å². The number of benzene rings is 1. The predicted octanol–water partition coefficient (Wildman–Crippen LogP) is 3.03. The number of hydrogen-bond donors (Lipinski definition) is 2. The fourth-order valence-corrected chi connectivity index (χ4v) is 4.91. The fraction of sp³-hybridized carbons (Fsp3) is 0.458. The number of fused-ring (bicyclic) bond motifs is 2. The van der Waals surface area contributed by atoms with Gasteiger partial charge in [0.15, 0.2) is 0 Å². The second kappa shape index (κ2) is 9.07. The van der Waals surface area contributed by atoms with Crippen LogP contribution < -0.4 is 10.2 Å². The van der Waals surface area contributed by atoms with Crippen molar-refractivity contribution in [2.75, 3.05) is 25.7 Å². The van der Waals surface area contributed by atoms with E-state index in [9.17, 15) is 9.50 Å². The van der Waals surface area contributed by atoms with Crippen LogP contribution in [0.3, 0.4) is 0 Å². The summed E-state index contributed by atoms with van der Waals surface area (Å²) < 4.78 is 21.8. The molecule has 2 aliphatic heterocycles. The average molecular weight is 453 g/mol. The van der Waals surface area contributed by atoms with Crippen LogP contribution in [0, 0.1) is 0 Å². The number of hydrogen-bond acceptors (Lipinski definition) is 7. The lowest BCUT2D eigenvalue weighted by molar-refractivity contribution is 0.176. The molecule has 0 unspecified atom stereocenters. The average Bonchev–Trinajstić information content (AvgIpc) is 3.47. The number of nitrogens with zero attached hydrogens (tertiary/aromatic N) is 5. The summed E-state index contributed by atoms with van der Waals surface area (Å²) in [5.41, 5.74) is 2.93. The molecule has 1 aromatic carbocycles. The number of piperidine rings is 1. The van der Waals surface area contributed by atoms with Gasteiger partial charge in [-0.05, 0) is 37.0 Å². The zero-order chi connectivity index (χ0) is 22.9. The molecule has 5 rings (SSSR count). The highest BCUT2D eigenvalue weighted by molar-refractivity contribution is 5.73. The largest absolute Gasteiger partial charge is 0.507 e. The molecule has 2 aromatic heterocycles. The van der Waals surface area contributed by atoms with Crippen molar-refractivity contribution in [3.05, 3.63) is 43.0 Å². The molecule has 8 nitrogen and oxygen atoms in total. The molecule has 2 N–H and O–H groups in total. The lowest BCUT2D eigenvalue weighted by Crippen LogP contribution is -2.55. The molecule has 9 heteroatoms. The van der Waals surface area contributed by atoms with E-state index in [1.807, 2.05) is 30.3 Å². The van der Waals surface area contributed by atoms with Crippen LogP contribution in [-0.2, 0) is 11.3 Å². The summed E-state index contributed by atoms with van der Waals surface area (Å²) in [6, 6.07) is 5.56. The first-order valence-electron chi connectivity index (χ1n) is 11.3. The first-order chi connectivity index (χ1) is 16.0. The molecule has 0 amide bonds. The summed E-state index contributed by atoms with van der Waals surface area (Å²) in [5.74, 6) is 0.749. The number of phenolic OH excluding ortho intramolecular Hbond substituents is 1. The zero-order valence-electron chi connectivity index (χ0n) is 18.9. The molecular formula is C24H29FN6O2. The highest BCUT2D eigenvalue weighted by Crippen LogP contribution is 2.35. The summed E-state index contributed by atoms with van der Waals surface area (Å²) in [7, 11) is 3.54. The first-order valence-corrected chi connectivity index (χ1v) is 11.3. The van der Waals surface area contributed by atoms with Crippen LogP contribution in [0.15, 0.2) is 43.0 Å². The Morgan fingerprint density at radius 2 is 2.09 bits per heavy atom. The lowest BCUT2D eigenvalue weighted by Gasteiger charge is -2.38. The highest BCUT2D eigenvalue weighted by Gasteiger charge is 2.43. The van der Waals surface area contributed by atoms with Crippen molar-refractivity contribution < 1.29 is 14.2 Å². The molecular weight excluding hydrogens is 423 g/mol. The number of aromatic nitrogens is 4. The van der Waals surface area contributed by atoms with Crippen molar-refractivity contribution >= 4 is 5.82 Å². The number of nitrogens with one attached hydrogen (secondary N) is 1. The molecule has 4 heterocycles. The van der Waals surface area contributed by atoms with Gasteiger partial charge in [0, 0.05) is 43.6 Å². The highest BCUT2D eigenvalue weighted by atomic mass is 19.1. The number of rotatable bonds is 7. The third-order valence-electron chi connectivity index (χ3n) is 6.82. The van der Waals surface area contributed by atoms with Gasteiger partial charge in [0.05, 0.1) is 43.5 Å². The molecule has 4 atom stereocenters. The van der Waals surface area contributed by atoms with Crippen LogP contribution in [0.25, 0.3) is 22.4 Å². The number of alkyl halides is 1. The van der Waals surface area contributed by atoms with E-state index in [0.29, 0.717) is 36.3 Å². The predicted molar refractivity (Wildman–Crippen MR) is 124 cm³/mol. The Bertz CT molecular complexity index is 1100. The Labute approximate surface area is 192 Å². The Balaban J connectivity index is 1.31. The van der Waals surface area contributed by atoms with E-state index < -0.39 is 6.17 Å². The summed E-state index contributed by atoms with van der Waals surface area (Å²) >= 11 is 0. The minimum absolute atomic E-state index is 0.0639. The maximum absolute atomic E-state index is 14.9. The van der Waals surface area contributed by atoms with Gasteiger partial charge in [0.2, 0.25) is 0 Å². The van der Waals surface area contributed by atoms with E-state index in [1.165, 1.54) is 0 Å². The maximum atomic E-state index is 14.9. The van der Waals surface area contributed by atoms with Crippen molar-refractivity contribution in [1.29, 1.82) is 0 Å². The summed E-state index contributed by atoms with van der Waals surface area (Å²) in [6.07, 6.45) is 8.73. The third-order valence-corrected chi connectivity index (χ3v) is 6.82. The molecule has 0 aliphatic carbocycles. The maximum Gasteiger partial charge on any atom is 0.147 e. The number of methoxy groups -OCH3 is 1. The summed E-state index contributed by atoms with van der Waals surface area (Å²) in [5, 5.41) is 18.3. The smallest absolute Gasteiger partial charge is 0.147 e. The molecule has 0 radical (unpaired) electrons. The molecule has 2 aliphatic rings. The van der Waals surface area contributed by atoms with E-state index in [4.69, 9.17) is 4.74 Å². The van der Waals surface area contributed by atoms with Gasteiger partial charge in [-0.25, -0.2) is 9.37 Å². The van der Waals surface area contributed by atoms with Gasteiger partial charge in [-0.2, -0.15) is 5.10 Å². The number of phenols is 1. The van der Waals surface area contributed by atoms with E-state index in [-0.39, 0.29) is 17.8 Å². The lowest BCUT2D eigenvalue weighted by atomic mass is 9.96. The monoisotopic (exact) mass is 452 g/mol. The van der Waals surface area contributed by atoms with E-state index in [0.717, 1.165) is 30.4 Å². The molecule has 3 aromatic rings. The molecule has 33 heavy (non-hydrogen) atoms. The van der Waals surface area contributed by atoms with Gasteiger partial charge < -0.3 is 20.1 Å². The second-order valence-corrected chi connectivity index (χ2v) is 8.88. The van der Waals surface area contributed by atoms with Gasteiger partial charge in [-0.15, -0.1) is 0 Å². The molecule has 2 fully saturated rings. The molecule has 2 saturated heterocycles. The third kappa shape index (κ3) is 4.30. The molecule has 174 valence electrons. The Kier molecular flexibility index (Phi) is 5.99. The van der Waals surface area contributed by atoms with Crippen LogP contribution in [-0.4, -0.2) is 69.9 Å². The van der Waals surface area contributed by atoms with Crippen molar-refractivity contribution in [3.63, 3.8) is 0 Å². The van der Waals surface area contributed by atoms with Crippen LogP contribution in [0.1, 0.15) is 19.3 Å². The van der Waals surface area contributed by atoms with Crippen molar-refractivity contribution in [3.8, 4) is 28.1 Å². The summed E-state index contributed by atoms with van der Waals surface area (Å²) in [4.78, 5) is 10.9. The Morgan fingerprint density at radius 3 is 2.85 bits per heavy atom.